The number of halogens is 2. The summed E-state index contributed by atoms with van der Waals surface area (Å²) in [4.78, 5) is 25.0. The maximum absolute atomic E-state index is 13.7. The highest BCUT2D eigenvalue weighted by atomic mass is 19.1. The first-order chi connectivity index (χ1) is 18.3. The van der Waals surface area contributed by atoms with Crippen molar-refractivity contribution in [3.8, 4) is 0 Å². The SMILES string of the molecule is CCc1cccc(CNC[C@@H](OC(=O)CCn2c(=O)oc3ccccc32)[C@@H](N)Cc2cc(F)cc(F)c2)c1. The number of hydrogen-bond donors (Lipinski definition) is 2. The van der Waals surface area contributed by atoms with Gasteiger partial charge in [0.25, 0.3) is 0 Å². The number of aryl methyl sites for hydroxylation is 2. The Morgan fingerprint density at radius 3 is 2.53 bits per heavy atom. The van der Waals surface area contributed by atoms with Crippen molar-refractivity contribution in [2.45, 2.75) is 51.4 Å². The molecule has 200 valence electrons. The summed E-state index contributed by atoms with van der Waals surface area (Å²) in [6, 6.07) is 17.6. The molecule has 3 aromatic carbocycles. The van der Waals surface area contributed by atoms with E-state index in [0.717, 1.165) is 18.1 Å². The number of nitrogens with one attached hydrogen (secondary N) is 1. The van der Waals surface area contributed by atoms with Crippen LogP contribution in [0.3, 0.4) is 0 Å². The minimum atomic E-state index is -0.777. The fourth-order valence-corrected chi connectivity index (χ4v) is 4.39. The molecular formula is C29H31F2N3O4. The number of benzene rings is 3. The van der Waals surface area contributed by atoms with E-state index in [-0.39, 0.29) is 25.9 Å². The highest BCUT2D eigenvalue weighted by molar-refractivity contribution is 5.73. The first kappa shape index (κ1) is 27.2. The average molecular weight is 524 g/mol. The standard InChI is InChI=1S/C29H31F2N3O4/c1-2-19-6-5-7-20(12-19)17-33-18-27(24(32)15-21-13-22(30)16-23(31)14-21)37-28(35)10-11-34-25-8-3-4-9-26(25)38-29(34)36/h3-9,12-14,16,24,27,33H,2,10-11,15,17-18,32H2,1H3/t24-,27+/m0/s1. The molecule has 0 radical (unpaired) electrons. The number of nitrogens with two attached hydrogens (primary N) is 1. The lowest BCUT2D eigenvalue weighted by Crippen LogP contribution is -2.46. The van der Waals surface area contributed by atoms with Crippen LogP contribution < -0.4 is 16.8 Å². The Morgan fingerprint density at radius 1 is 1.03 bits per heavy atom. The van der Waals surface area contributed by atoms with Crippen LogP contribution in [0.2, 0.25) is 0 Å². The quantitative estimate of drug-likeness (QED) is 0.271. The number of aromatic nitrogens is 1. The first-order valence-electron chi connectivity index (χ1n) is 12.6. The van der Waals surface area contributed by atoms with E-state index < -0.39 is 35.5 Å². The number of para-hydroxylation sites is 2. The van der Waals surface area contributed by atoms with Crippen LogP contribution in [0.5, 0.6) is 0 Å². The van der Waals surface area contributed by atoms with Gasteiger partial charge in [-0.05, 0) is 53.8 Å². The van der Waals surface area contributed by atoms with E-state index in [1.165, 1.54) is 22.3 Å². The van der Waals surface area contributed by atoms with E-state index in [9.17, 15) is 18.4 Å². The molecule has 4 aromatic rings. The first-order valence-corrected chi connectivity index (χ1v) is 12.6. The van der Waals surface area contributed by atoms with Crippen molar-refractivity contribution in [1.82, 2.24) is 9.88 Å². The van der Waals surface area contributed by atoms with Crippen molar-refractivity contribution in [2.24, 2.45) is 5.73 Å². The maximum atomic E-state index is 13.7. The third kappa shape index (κ3) is 7.14. The molecule has 0 saturated carbocycles. The summed E-state index contributed by atoms with van der Waals surface area (Å²) >= 11 is 0. The lowest BCUT2D eigenvalue weighted by Gasteiger charge is -2.25. The molecule has 7 nitrogen and oxygen atoms in total. The van der Waals surface area contributed by atoms with Gasteiger partial charge in [0.15, 0.2) is 5.58 Å². The number of fused-ring (bicyclic) bond motifs is 1. The van der Waals surface area contributed by atoms with Crippen molar-refractivity contribution in [3.05, 3.63) is 106 Å². The minimum absolute atomic E-state index is 0.0724. The smallest absolute Gasteiger partial charge is 0.419 e. The van der Waals surface area contributed by atoms with Gasteiger partial charge in [-0.3, -0.25) is 9.36 Å². The second-order valence-electron chi connectivity index (χ2n) is 9.22. The van der Waals surface area contributed by atoms with Crippen molar-refractivity contribution in [3.63, 3.8) is 0 Å². The fourth-order valence-electron chi connectivity index (χ4n) is 4.39. The number of rotatable bonds is 12. The molecule has 38 heavy (non-hydrogen) atoms. The molecule has 0 unspecified atom stereocenters. The van der Waals surface area contributed by atoms with Crippen LogP contribution in [0.4, 0.5) is 8.78 Å². The fraction of sp³-hybridized carbons (Fsp3) is 0.310. The second-order valence-corrected chi connectivity index (χ2v) is 9.22. The summed E-state index contributed by atoms with van der Waals surface area (Å²) in [5.74, 6) is -2.51. The lowest BCUT2D eigenvalue weighted by atomic mass is 10.0. The molecular weight excluding hydrogens is 492 g/mol. The number of carbonyl (C=O) groups excluding carboxylic acids is 1. The molecule has 2 atom stereocenters. The molecule has 0 saturated heterocycles. The molecule has 0 aliphatic rings. The number of ether oxygens (including phenoxy) is 1. The number of carbonyl (C=O) groups is 1. The average Bonchev–Trinajstić information content (AvgIpc) is 3.21. The highest BCUT2D eigenvalue weighted by Crippen LogP contribution is 2.15. The molecule has 4 rings (SSSR count). The predicted octanol–water partition coefficient (Wildman–Crippen LogP) is 4.10. The van der Waals surface area contributed by atoms with Crippen molar-refractivity contribution < 1.29 is 22.7 Å². The largest absolute Gasteiger partial charge is 0.459 e. The Morgan fingerprint density at radius 2 is 1.76 bits per heavy atom. The van der Waals surface area contributed by atoms with Crippen molar-refractivity contribution >= 4 is 17.1 Å². The van der Waals surface area contributed by atoms with Gasteiger partial charge in [0.05, 0.1) is 11.9 Å². The summed E-state index contributed by atoms with van der Waals surface area (Å²) in [5.41, 5.74) is 10.0. The monoisotopic (exact) mass is 523 g/mol. The van der Waals surface area contributed by atoms with Gasteiger partial charge in [-0.25, -0.2) is 13.6 Å². The minimum Gasteiger partial charge on any atom is -0.459 e. The maximum Gasteiger partial charge on any atom is 0.419 e. The van der Waals surface area contributed by atoms with Crippen LogP contribution in [-0.4, -0.2) is 29.2 Å². The molecule has 0 bridgehead atoms. The zero-order chi connectivity index (χ0) is 27.1. The molecule has 0 amide bonds. The van der Waals surface area contributed by atoms with Crippen LogP contribution in [0, 0.1) is 11.6 Å². The van der Waals surface area contributed by atoms with E-state index in [0.29, 0.717) is 23.2 Å². The van der Waals surface area contributed by atoms with Gasteiger partial charge in [0.1, 0.15) is 17.7 Å². The normalized spacial score (nSPS) is 12.9. The van der Waals surface area contributed by atoms with E-state index in [1.54, 1.807) is 24.3 Å². The van der Waals surface area contributed by atoms with Crippen LogP contribution in [0.1, 0.15) is 30.0 Å². The van der Waals surface area contributed by atoms with Gasteiger partial charge in [0, 0.05) is 31.7 Å². The highest BCUT2D eigenvalue weighted by Gasteiger charge is 2.23. The summed E-state index contributed by atoms with van der Waals surface area (Å²) in [6.07, 6.45) is 0.157. The Balaban J connectivity index is 1.42. The Kier molecular flexibility index (Phi) is 9.04. The number of hydrogen-bond acceptors (Lipinski definition) is 6. The van der Waals surface area contributed by atoms with Crippen LogP contribution >= 0.6 is 0 Å². The van der Waals surface area contributed by atoms with E-state index >= 15 is 0 Å². The van der Waals surface area contributed by atoms with Gasteiger partial charge in [-0.1, -0.05) is 43.3 Å². The Bertz CT molecular complexity index is 1430. The third-order valence-electron chi connectivity index (χ3n) is 6.34. The second kappa shape index (κ2) is 12.6. The number of esters is 1. The van der Waals surface area contributed by atoms with Gasteiger partial charge in [0.2, 0.25) is 0 Å². The topological polar surface area (TPSA) is 99.5 Å². The summed E-state index contributed by atoms with van der Waals surface area (Å²) in [6.45, 7) is 2.91. The predicted molar refractivity (Wildman–Crippen MR) is 141 cm³/mol. The van der Waals surface area contributed by atoms with Gasteiger partial charge in [-0.15, -0.1) is 0 Å². The third-order valence-corrected chi connectivity index (χ3v) is 6.34. The molecule has 3 N–H and O–H groups in total. The summed E-state index contributed by atoms with van der Waals surface area (Å²) in [5, 5.41) is 3.28. The molecule has 1 aromatic heterocycles. The van der Waals surface area contributed by atoms with Gasteiger partial charge >= 0.3 is 11.7 Å². The van der Waals surface area contributed by atoms with Crippen molar-refractivity contribution in [1.29, 1.82) is 0 Å². The van der Waals surface area contributed by atoms with E-state index in [2.05, 4.69) is 24.4 Å². The molecule has 0 aliphatic heterocycles. The van der Waals surface area contributed by atoms with Crippen LogP contribution in [-0.2, 0) is 35.5 Å². The molecule has 0 spiro atoms. The molecule has 0 aliphatic carbocycles. The van der Waals surface area contributed by atoms with Gasteiger partial charge in [-0.2, -0.15) is 0 Å². The number of oxazole rings is 1. The van der Waals surface area contributed by atoms with Crippen molar-refractivity contribution in [2.75, 3.05) is 6.54 Å². The molecule has 1 heterocycles. The lowest BCUT2D eigenvalue weighted by molar-refractivity contribution is -0.150. The zero-order valence-electron chi connectivity index (χ0n) is 21.2. The Labute approximate surface area is 219 Å². The van der Waals surface area contributed by atoms with Gasteiger partial charge < -0.3 is 20.2 Å². The molecule has 9 heteroatoms. The summed E-state index contributed by atoms with van der Waals surface area (Å²) in [7, 11) is 0. The van der Waals surface area contributed by atoms with E-state index in [4.69, 9.17) is 14.9 Å². The number of nitrogens with zero attached hydrogens (tertiary/aromatic N) is 1. The zero-order valence-corrected chi connectivity index (χ0v) is 21.2. The van der Waals surface area contributed by atoms with Crippen LogP contribution in [0.25, 0.3) is 11.1 Å². The Hall–Kier alpha value is -3.82. The van der Waals surface area contributed by atoms with E-state index in [1.807, 2.05) is 12.1 Å². The van der Waals surface area contributed by atoms with Crippen LogP contribution in [0.15, 0.2) is 75.9 Å². The molecule has 0 fully saturated rings. The summed E-state index contributed by atoms with van der Waals surface area (Å²) < 4.78 is 39.7.